The Morgan fingerprint density at radius 2 is 0.608 bits per heavy atom. The minimum absolute atomic E-state index is 0.0724. The van der Waals surface area contributed by atoms with Gasteiger partial charge in [0.05, 0.1) is 39.0 Å². The van der Waals surface area contributed by atoms with Crippen molar-refractivity contribution in [2.24, 2.45) is 0 Å². The first-order valence-electron chi connectivity index (χ1n) is 25.6. The van der Waals surface area contributed by atoms with Crippen molar-refractivity contribution >= 4 is 59.9 Å². The van der Waals surface area contributed by atoms with Crippen LogP contribution >= 0.6 is 16.0 Å². The van der Waals surface area contributed by atoms with Crippen LogP contribution in [0.25, 0.3) is 54.5 Å². The number of benzene rings is 7. The van der Waals surface area contributed by atoms with E-state index >= 15 is 0 Å². The molecule has 3 aliphatic carbocycles. The molecule has 0 atom stereocenters. The van der Waals surface area contributed by atoms with E-state index in [2.05, 4.69) is 192 Å². The minimum atomic E-state index is -1.83. The predicted molar refractivity (Wildman–Crippen MR) is 305 cm³/mol. The van der Waals surface area contributed by atoms with Crippen LogP contribution in [-0.2, 0) is 21.7 Å². The summed E-state index contributed by atoms with van der Waals surface area (Å²) in [7, 11) is 3.24. The van der Waals surface area contributed by atoms with E-state index in [1.54, 1.807) is 28.4 Å². The van der Waals surface area contributed by atoms with E-state index in [1.807, 2.05) is 0 Å². The molecule has 0 fully saturated rings. The third-order valence-electron chi connectivity index (χ3n) is 15.1. The van der Waals surface area contributed by atoms with Gasteiger partial charge in [-0.25, -0.2) is 0 Å². The molecule has 0 unspecified atom stereocenters. The van der Waals surface area contributed by atoms with Gasteiger partial charge in [0.1, 0.15) is 45.3 Å². The molecule has 7 aromatic carbocycles. The van der Waals surface area contributed by atoms with Crippen molar-refractivity contribution in [2.45, 2.75) is 117 Å². The van der Waals surface area contributed by atoms with Crippen LogP contribution < -0.4 is 18.9 Å². The molecular formula is C64H68O8P2. The van der Waals surface area contributed by atoms with Gasteiger partial charge in [0.2, 0.25) is 0 Å². The maximum Gasteiger partial charge on any atom is 0.253 e. The molecule has 3 aliphatic rings. The van der Waals surface area contributed by atoms with Crippen molar-refractivity contribution in [1.29, 1.82) is 0 Å². The molecule has 382 valence electrons. The standard InChI is InChI=1S/C64H68O8P2/c1-61(2,3)47-31-35(65-13)27-43-44-28-36(66-14)32-48(62(4,5)6)58(44)70-73(69-57(43)47)51-25-19-23-41-53-39-21-17-18-22-40(39)56(54(41)51)55-42(53)24-20-26-52(55)74-71-59-45(29-37(67-15)33-49(59)63(7,8)9)46-30-38(68-16)34-50(60(46)72-74)64(10,11)12/h17-34,53,56H,1-16H3. The maximum absolute atomic E-state index is 7.62. The summed E-state index contributed by atoms with van der Waals surface area (Å²) in [6.45, 7) is 26.7. The van der Waals surface area contributed by atoms with Crippen LogP contribution in [-0.4, -0.2) is 28.4 Å². The zero-order valence-electron chi connectivity index (χ0n) is 45.7. The molecule has 0 aliphatic heterocycles. The average Bonchev–Trinajstić information content (AvgIpc) is 3.66. The first kappa shape index (κ1) is 49.7. The van der Waals surface area contributed by atoms with Crippen molar-refractivity contribution in [2.75, 3.05) is 28.4 Å². The topological polar surface area (TPSA) is 89.5 Å². The Bertz CT molecular complexity index is 3450. The number of hydrogen-bond acceptors (Lipinski definition) is 8. The van der Waals surface area contributed by atoms with E-state index in [0.717, 1.165) is 99.7 Å². The lowest BCUT2D eigenvalue weighted by atomic mass is 9.61. The molecule has 74 heavy (non-hydrogen) atoms. The van der Waals surface area contributed by atoms with Crippen LogP contribution in [0.2, 0.25) is 0 Å². The highest BCUT2D eigenvalue weighted by Crippen LogP contribution is 2.64. The Morgan fingerprint density at radius 3 is 0.878 bits per heavy atom. The molecule has 2 heterocycles. The van der Waals surface area contributed by atoms with E-state index in [0.29, 0.717) is 0 Å². The monoisotopic (exact) mass is 1030 g/mol. The molecular weight excluding hydrogens is 959 g/mol. The average molecular weight is 1030 g/mol. The number of hydrogen-bond donors (Lipinski definition) is 0. The highest BCUT2D eigenvalue weighted by molar-refractivity contribution is 7.46. The van der Waals surface area contributed by atoms with Gasteiger partial charge in [-0.1, -0.05) is 132 Å². The lowest BCUT2D eigenvalue weighted by molar-refractivity contribution is 0.413. The quantitative estimate of drug-likeness (QED) is 0.163. The Labute approximate surface area is 437 Å². The zero-order chi connectivity index (χ0) is 52.6. The van der Waals surface area contributed by atoms with Crippen molar-refractivity contribution in [3.8, 4) is 33.6 Å². The fraction of sp³-hybridized carbons (Fsp3) is 0.344. The Balaban J connectivity index is 1.28. The smallest absolute Gasteiger partial charge is 0.253 e. The van der Waals surface area contributed by atoms with E-state index < -0.39 is 16.0 Å². The first-order chi connectivity index (χ1) is 35.0. The molecule has 12 rings (SSSR count). The summed E-state index contributed by atoms with van der Waals surface area (Å²) >= 11 is 0. The lowest BCUT2D eigenvalue weighted by Crippen LogP contribution is -2.28. The molecule has 8 nitrogen and oxygen atoms in total. The first-order valence-corrected chi connectivity index (χ1v) is 28.0. The van der Waals surface area contributed by atoms with Crippen molar-refractivity contribution in [3.63, 3.8) is 0 Å². The van der Waals surface area contributed by atoms with Crippen LogP contribution in [0.3, 0.4) is 0 Å². The second kappa shape index (κ2) is 17.6. The number of methoxy groups -OCH3 is 4. The van der Waals surface area contributed by atoms with Gasteiger partial charge in [-0.2, -0.15) is 0 Å². The highest BCUT2D eigenvalue weighted by atomic mass is 31.1. The number of fused-ring (bicyclic) bond motifs is 6. The largest absolute Gasteiger partial charge is 0.497 e. The van der Waals surface area contributed by atoms with Crippen LogP contribution in [0, 0.1) is 0 Å². The third-order valence-corrected chi connectivity index (χ3v) is 18.1. The fourth-order valence-corrected chi connectivity index (χ4v) is 14.7. The minimum Gasteiger partial charge on any atom is -0.497 e. The van der Waals surface area contributed by atoms with Gasteiger partial charge in [0.25, 0.3) is 16.0 Å². The van der Waals surface area contributed by atoms with Gasteiger partial charge in [0.15, 0.2) is 0 Å². The maximum atomic E-state index is 7.62. The van der Waals surface area contributed by atoms with E-state index in [1.165, 1.54) is 33.4 Å². The van der Waals surface area contributed by atoms with Gasteiger partial charge in [-0.15, -0.1) is 0 Å². The third kappa shape index (κ3) is 8.02. The summed E-state index contributed by atoms with van der Waals surface area (Å²) in [5.74, 6) is 2.72. The normalized spacial score (nSPS) is 15.3. The zero-order valence-corrected chi connectivity index (χ0v) is 47.5. The van der Waals surface area contributed by atoms with Gasteiger partial charge in [-0.05, 0) is 116 Å². The molecule has 10 heteroatoms. The molecule has 0 spiro atoms. The molecule has 0 N–H and O–H groups in total. The highest BCUT2D eigenvalue weighted by Gasteiger charge is 2.45. The molecule has 0 saturated heterocycles. The van der Waals surface area contributed by atoms with Gasteiger partial charge < -0.3 is 35.7 Å². The Hall–Kier alpha value is -6.46. The van der Waals surface area contributed by atoms with E-state index in [-0.39, 0.29) is 33.5 Å². The summed E-state index contributed by atoms with van der Waals surface area (Å²) in [6, 6.07) is 39.3. The second-order valence-corrected chi connectivity index (χ2v) is 26.9. The van der Waals surface area contributed by atoms with Crippen LogP contribution in [0.1, 0.15) is 151 Å². The van der Waals surface area contributed by atoms with Gasteiger partial charge >= 0.3 is 0 Å². The molecule has 2 aromatic heterocycles. The molecule has 9 aromatic rings. The summed E-state index contributed by atoms with van der Waals surface area (Å²) in [4.78, 5) is 0. The Morgan fingerprint density at radius 1 is 0.338 bits per heavy atom. The molecule has 0 saturated carbocycles. The molecule has 0 radical (unpaired) electrons. The van der Waals surface area contributed by atoms with Crippen LogP contribution in [0.5, 0.6) is 23.0 Å². The SMILES string of the molecule is COc1cc(C(C)(C)C)c2op(-c3cccc4c3C3c5ccccc5C4c4cccc(-p5oc6c(C(C)(C)C)cc(OC)cc6c6cc(OC)cc(C(C)(C)C)c6o5)c43)oc3c(C(C)(C)C)cc(OC)cc3c2c1. The van der Waals surface area contributed by atoms with Crippen molar-refractivity contribution < 1.29 is 35.7 Å². The summed E-state index contributed by atoms with van der Waals surface area (Å²) in [6.07, 6.45) is 0. The second-order valence-electron chi connectivity index (χ2n) is 24.1. The number of ether oxygens (including phenoxy) is 4. The van der Waals surface area contributed by atoms with Gasteiger partial charge in [-0.3, -0.25) is 0 Å². The van der Waals surface area contributed by atoms with Crippen LogP contribution in [0.15, 0.2) is 126 Å². The van der Waals surface area contributed by atoms with Crippen molar-refractivity contribution in [3.05, 3.63) is 165 Å². The summed E-state index contributed by atoms with van der Waals surface area (Å²) in [5, 5.41) is 5.70. The lowest BCUT2D eigenvalue weighted by Gasteiger charge is -2.43. The summed E-state index contributed by atoms with van der Waals surface area (Å²) < 4.78 is 54.6. The number of rotatable bonds is 6. The predicted octanol–water partition coefficient (Wildman–Crippen LogP) is 19.1. The van der Waals surface area contributed by atoms with E-state index in [9.17, 15) is 0 Å². The van der Waals surface area contributed by atoms with E-state index in [4.69, 9.17) is 35.7 Å². The molecule has 0 amide bonds. The molecule has 2 bridgehead atoms. The van der Waals surface area contributed by atoms with Crippen LogP contribution in [0.4, 0.5) is 0 Å². The Kier molecular flexibility index (Phi) is 11.8. The fourth-order valence-electron chi connectivity index (χ4n) is 11.5. The van der Waals surface area contributed by atoms with Crippen molar-refractivity contribution in [1.82, 2.24) is 0 Å². The summed E-state index contributed by atoms with van der Waals surface area (Å²) in [5.41, 5.74) is 13.5. The van der Waals surface area contributed by atoms with Gasteiger partial charge in [0, 0.05) is 55.6 Å².